The molecular weight excluding hydrogens is 282 g/mol. The van der Waals surface area contributed by atoms with E-state index >= 15 is 0 Å². The summed E-state index contributed by atoms with van der Waals surface area (Å²) >= 11 is -0.239. The van der Waals surface area contributed by atoms with Crippen molar-refractivity contribution >= 4 is 0 Å². The first kappa shape index (κ1) is 14.5. The minimum absolute atomic E-state index is 0.239. The van der Waals surface area contributed by atoms with Crippen molar-refractivity contribution < 1.29 is 17.1 Å². The molecule has 0 spiro atoms. The van der Waals surface area contributed by atoms with Crippen molar-refractivity contribution in [3.63, 3.8) is 0 Å². The second kappa shape index (κ2) is 9.04. The van der Waals surface area contributed by atoms with Crippen molar-refractivity contribution in [3.05, 3.63) is 71.8 Å². The quantitative estimate of drug-likeness (QED) is 0.466. The summed E-state index contributed by atoms with van der Waals surface area (Å²) in [7, 11) is 0. The molecule has 0 nitrogen and oxygen atoms in total. The van der Waals surface area contributed by atoms with Gasteiger partial charge in [0.25, 0.3) is 0 Å². The minimum atomic E-state index is -0.239. The Labute approximate surface area is 124 Å². The van der Waals surface area contributed by atoms with E-state index in [0.29, 0.717) is 0 Å². The molecule has 0 aliphatic carbocycles. The molecule has 1 heteroatoms. The van der Waals surface area contributed by atoms with Crippen LogP contribution in [0.5, 0.6) is 0 Å². The van der Waals surface area contributed by atoms with Crippen LogP contribution in [0.15, 0.2) is 60.7 Å². The Morgan fingerprint density at radius 2 is 1.00 bits per heavy atom. The van der Waals surface area contributed by atoms with Gasteiger partial charge in [-0.05, 0) is 0 Å². The molecule has 2 rings (SSSR count). The average molecular weight is 304 g/mol. The number of benzene rings is 2. The first-order valence-electron chi connectivity index (χ1n) is 7.53. The summed E-state index contributed by atoms with van der Waals surface area (Å²) in [6, 6.07) is 21.8. The number of hydrogen-bond acceptors (Lipinski definition) is 0. The summed E-state index contributed by atoms with van der Waals surface area (Å²) in [5.74, 6) is 0. The fourth-order valence-corrected chi connectivity index (χ4v) is 5.75. The Morgan fingerprint density at radius 3 is 1.42 bits per heavy atom. The summed E-state index contributed by atoms with van der Waals surface area (Å²) in [4.78, 5) is 0. The molecule has 2 aromatic rings. The molecule has 0 aliphatic rings. The van der Waals surface area contributed by atoms with Gasteiger partial charge in [-0.25, -0.2) is 0 Å². The average Bonchev–Trinajstić information content (AvgIpc) is 2.48. The molecule has 0 radical (unpaired) electrons. The molecule has 0 saturated carbocycles. The van der Waals surface area contributed by atoms with Gasteiger partial charge in [-0.1, -0.05) is 0 Å². The first-order valence-corrected chi connectivity index (χ1v) is 11.7. The van der Waals surface area contributed by atoms with Crippen LogP contribution in [0.4, 0.5) is 0 Å². The van der Waals surface area contributed by atoms with Crippen LogP contribution in [-0.4, -0.2) is 0 Å². The van der Waals surface area contributed by atoms with Crippen LogP contribution < -0.4 is 0 Å². The topological polar surface area (TPSA) is 0 Å². The van der Waals surface area contributed by atoms with E-state index < -0.39 is 0 Å². The van der Waals surface area contributed by atoms with E-state index in [1.807, 2.05) is 0 Å². The molecule has 0 amide bonds. The number of hydrogen-bond donors (Lipinski definition) is 0. The van der Waals surface area contributed by atoms with Gasteiger partial charge in [0.2, 0.25) is 0 Å². The zero-order valence-electron chi connectivity index (χ0n) is 11.7. The van der Waals surface area contributed by atoms with Crippen LogP contribution in [0.3, 0.4) is 0 Å². The van der Waals surface area contributed by atoms with Crippen LogP contribution in [0.1, 0.15) is 24.0 Å². The Bertz CT molecular complexity index is 392. The third kappa shape index (κ3) is 6.16. The van der Waals surface area contributed by atoms with Gasteiger partial charge < -0.3 is 0 Å². The Hall–Kier alpha value is -0.937. The molecule has 0 saturated heterocycles. The zero-order valence-corrected chi connectivity index (χ0v) is 14.7. The van der Waals surface area contributed by atoms with Gasteiger partial charge in [0, 0.05) is 0 Å². The summed E-state index contributed by atoms with van der Waals surface area (Å²) in [5, 5.41) is 3.10. The third-order valence-electron chi connectivity index (χ3n) is 3.62. The second-order valence-electron chi connectivity index (χ2n) is 5.24. The SMILES string of the molecule is c1ccc(CC[CH2][Zn][CH2]CCc2ccccc2)cc1. The van der Waals surface area contributed by atoms with Gasteiger partial charge in [-0.3, -0.25) is 0 Å². The molecule has 0 aliphatic heterocycles. The van der Waals surface area contributed by atoms with Crippen molar-refractivity contribution in [2.24, 2.45) is 0 Å². The Morgan fingerprint density at radius 1 is 0.579 bits per heavy atom. The molecule has 0 bridgehead atoms. The summed E-state index contributed by atoms with van der Waals surface area (Å²) in [6.45, 7) is 0. The number of rotatable bonds is 8. The van der Waals surface area contributed by atoms with E-state index in [-0.39, 0.29) is 17.1 Å². The van der Waals surface area contributed by atoms with E-state index in [2.05, 4.69) is 60.7 Å². The molecule has 0 N–H and O–H groups in total. The summed E-state index contributed by atoms with van der Waals surface area (Å²) in [5.41, 5.74) is 3.02. The van der Waals surface area contributed by atoms with Gasteiger partial charge in [0.1, 0.15) is 0 Å². The van der Waals surface area contributed by atoms with Crippen LogP contribution in [0.25, 0.3) is 0 Å². The van der Waals surface area contributed by atoms with Crippen molar-refractivity contribution in [1.29, 1.82) is 0 Å². The van der Waals surface area contributed by atoms with E-state index in [1.165, 1.54) is 36.8 Å². The van der Waals surface area contributed by atoms with Gasteiger partial charge in [-0.2, -0.15) is 0 Å². The van der Waals surface area contributed by atoms with Crippen molar-refractivity contribution in [2.75, 3.05) is 0 Å². The van der Waals surface area contributed by atoms with Gasteiger partial charge in [0.05, 0.1) is 0 Å². The van der Waals surface area contributed by atoms with Crippen LogP contribution >= 0.6 is 0 Å². The van der Waals surface area contributed by atoms with Crippen molar-refractivity contribution in [2.45, 2.75) is 35.7 Å². The van der Waals surface area contributed by atoms with Crippen LogP contribution in [-0.2, 0) is 30.0 Å². The molecule has 0 fully saturated rings. The fourth-order valence-electron chi connectivity index (χ4n) is 2.48. The molecule has 2 aromatic carbocycles. The van der Waals surface area contributed by atoms with Gasteiger partial charge >= 0.3 is 125 Å². The van der Waals surface area contributed by atoms with Crippen molar-refractivity contribution in [3.8, 4) is 0 Å². The van der Waals surface area contributed by atoms with Crippen molar-refractivity contribution in [1.82, 2.24) is 0 Å². The van der Waals surface area contributed by atoms with Crippen LogP contribution in [0.2, 0.25) is 10.0 Å². The van der Waals surface area contributed by atoms with Gasteiger partial charge in [-0.15, -0.1) is 0 Å². The maximum absolute atomic E-state index is 2.25. The third-order valence-corrected chi connectivity index (χ3v) is 7.81. The fraction of sp³-hybridized carbons (Fsp3) is 0.333. The maximum atomic E-state index is 2.25. The molecule has 0 aromatic heterocycles. The second-order valence-corrected chi connectivity index (χ2v) is 9.69. The standard InChI is InChI=1S/2C9H11.Zn/c2*1-2-6-9-7-4-3-5-8-9;/h2*3-5,7-8H,1-2,6H2;. The monoisotopic (exact) mass is 302 g/mol. The van der Waals surface area contributed by atoms with Gasteiger partial charge in [0.15, 0.2) is 0 Å². The van der Waals surface area contributed by atoms with Crippen LogP contribution in [0, 0.1) is 0 Å². The Balaban J connectivity index is 1.49. The molecule has 0 heterocycles. The Kier molecular flexibility index (Phi) is 6.89. The summed E-state index contributed by atoms with van der Waals surface area (Å²) < 4.78 is 0. The molecule has 96 valence electrons. The number of aryl methyl sites for hydroxylation is 2. The predicted octanol–water partition coefficient (Wildman–Crippen LogP) is 5.17. The van der Waals surface area contributed by atoms with E-state index in [1.54, 1.807) is 10.0 Å². The van der Waals surface area contributed by atoms with E-state index in [4.69, 9.17) is 0 Å². The molecular formula is C18H22Zn. The van der Waals surface area contributed by atoms with E-state index in [9.17, 15) is 0 Å². The normalized spacial score (nSPS) is 10.1. The first-order chi connectivity index (χ1) is 9.45. The molecule has 0 atom stereocenters. The van der Waals surface area contributed by atoms with E-state index in [0.717, 1.165) is 0 Å². The molecule has 0 unspecified atom stereocenters. The molecule has 19 heavy (non-hydrogen) atoms. The summed E-state index contributed by atoms with van der Waals surface area (Å²) in [6.07, 6.45) is 5.39. The zero-order chi connectivity index (χ0) is 13.2. The predicted molar refractivity (Wildman–Crippen MR) is 79.1 cm³/mol.